The van der Waals surface area contributed by atoms with Crippen molar-refractivity contribution in [3.63, 3.8) is 0 Å². The first-order valence-electron chi connectivity index (χ1n) is 1.88. The van der Waals surface area contributed by atoms with Crippen molar-refractivity contribution in [3.8, 4) is 0 Å². The molecule has 0 aromatic rings. The average Bonchev–Trinajstić information content (AvgIpc) is 1.90. The lowest BCUT2D eigenvalue weighted by Crippen LogP contribution is -1.57. The van der Waals surface area contributed by atoms with Crippen LogP contribution in [0.1, 0.15) is 0 Å². The zero-order valence-corrected chi connectivity index (χ0v) is 5.41. The maximum absolute atomic E-state index is 9.51. The maximum Gasteiger partial charge on any atom is 0.301 e. The van der Waals surface area contributed by atoms with E-state index in [0.29, 0.717) is 0 Å². The van der Waals surface area contributed by atoms with E-state index in [1.165, 1.54) is 0 Å². The summed E-state index contributed by atoms with van der Waals surface area (Å²) in [6.45, 7) is 0. The van der Waals surface area contributed by atoms with Gasteiger partial charge in [0.15, 0.2) is 0 Å². The summed E-state index contributed by atoms with van der Waals surface area (Å²) in [7, 11) is -1.96. The average molecular weight is 157 g/mol. The maximum atomic E-state index is 9.51. The van der Waals surface area contributed by atoms with Gasteiger partial charge < -0.3 is 0 Å². The molecule has 0 unspecified atom stereocenters. The molecule has 50 valence electrons. The number of hydrogen-bond donors (Lipinski definition) is 0. The van der Waals surface area contributed by atoms with E-state index in [2.05, 4.69) is 14.3 Å². The number of rotatable bonds is 3. The first kappa shape index (κ1) is 8.57. The predicted molar refractivity (Wildman–Crippen MR) is 31.3 cm³/mol. The Balaban J connectivity index is 4.39. The molecule has 0 aromatic heterocycles. The van der Waals surface area contributed by atoms with Gasteiger partial charge in [-0.1, -0.05) is 0 Å². The molecule has 0 aliphatic carbocycles. The summed E-state index contributed by atoms with van der Waals surface area (Å²) >= 11 is 0. The van der Waals surface area contributed by atoms with Gasteiger partial charge in [0.2, 0.25) is 18.2 Å². The topological polar surface area (TPSA) is 88.3 Å². The molecule has 0 heterocycles. The van der Waals surface area contributed by atoms with Crippen molar-refractivity contribution in [1.29, 1.82) is 0 Å². The lowest BCUT2D eigenvalue weighted by Gasteiger charge is -1.82. The highest BCUT2D eigenvalue weighted by Crippen LogP contribution is 2.37. The summed E-state index contributed by atoms with van der Waals surface area (Å²) in [5.41, 5.74) is 0. The molecule has 0 spiro atoms. The van der Waals surface area contributed by atoms with Crippen molar-refractivity contribution < 1.29 is 14.4 Å². The van der Waals surface area contributed by atoms with E-state index in [4.69, 9.17) is 0 Å². The zero-order valence-electron chi connectivity index (χ0n) is 4.51. The van der Waals surface area contributed by atoms with Crippen LogP contribution in [0.25, 0.3) is 0 Å². The quantitative estimate of drug-likeness (QED) is 0.333. The van der Waals surface area contributed by atoms with Gasteiger partial charge >= 0.3 is 8.37 Å². The van der Waals surface area contributed by atoms with Gasteiger partial charge in [0.1, 0.15) is 0 Å². The summed E-state index contributed by atoms with van der Waals surface area (Å²) in [5, 5.41) is 0. The Morgan fingerprint density at radius 3 is 1.30 bits per heavy atom. The van der Waals surface area contributed by atoms with Gasteiger partial charge in [0, 0.05) is 0 Å². The summed E-state index contributed by atoms with van der Waals surface area (Å²) < 4.78 is 8.71. The second-order valence-electron chi connectivity index (χ2n) is 0.842. The molecule has 0 bridgehead atoms. The Hall–Kier alpha value is -1.43. The predicted octanol–water partition coefficient (Wildman–Crippen LogP) is 0.221. The lowest BCUT2D eigenvalue weighted by atomic mass is 11.7. The molecule has 0 aliphatic rings. The number of carbonyl (C=O) groups excluding carboxylic acids is 3. The first-order chi connectivity index (χ1) is 4.85. The molecule has 0 rings (SSSR count). The number of isocyanates is 3. The van der Waals surface area contributed by atoms with E-state index in [1.807, 2.05) is 0 Å². The molecule has 0 atom stereocenters. The van der Waals surface area contributed by atoms with Crippen LogP contribution < -0.4 is 0 Å². The molecule has 7 heteroatoms. The smallest absolute Gasteiger partial charge is 0.211 e. The Labute approximate surface area is 56.3 Å². The third kappa shape index (κ3) is 3.56. The summed E-state index contributed by atoms with van der Waals surface area (Å²) in [6.07, 6.45) is 3.29. The van der Waals surface area contributed by atoms with Crippen molar-refractivity contribution in [1.82, 2.24) is 0 Å². The van der Waals surface area contributed by atoms with Gasteiger partial charge in [0.25, 0.3) is 0 Å². The van der Waals surface area contributed by atoms with E-state index in [0.717, 1.165) is 18.2 Å². The fourth-order valence-electron chi connectivity index (χ4n) is 0.177. The summed E-state index contributed by atoms with van der Waals surface area (Å²) in [6, 6.07) is 0. The highest BCUT2D eigenvalue weighted by Gasteiger charge is 1.99. The second-order valence-corrected chi connectivity index (χ2v) is 1.98. The van der Waals surface area contributed by atoms with Crippen LogP contribution in [0, 0.1) is 0 Å². The van der Waals surface area contributed by atoms with Crippen LogP contribution in [0.2, 0.25) is 0 Å². The van der Waals surface area contributed by atoms with Crippen LogP contribution in [-0.2, 0) is 14.4 Å². The molecule has 10 heavy (non-hydrogen) atoms. The molecule has 0 amide bonds. The minimum Gasteiger partial charge on any atom is -0.211 e. The van der Waals surface area contributed by atoms with Crippen molar-refractivity contribution in [2.45, 2.75) is 0 Å². The van der Waals surface area contributed by atoms with Crippen LogP contribution in [0.4, 0.5) is 0 Å². The standard InChI is InChI=1S/C3N3O3P/c7-1-4-10(5-2-8)6-3-9. The monoisotopic (exact) mass is 157 g/mol. The van der Waals surface area contributed by atoms with Crippen molar-refractivity contribution in [2.75, 3.05) is 0 Å². The third-order valence-electron chi connectivity index (χ3n) is 0.391. The zero-order chi connectivity index (χ0) is 7.82. The van der Waals surface area contributed by atoms with Crippen LogP contribution in [-0.4, -0.2) is 18.2 Å². The van der Waals surface area contributed by atoms with Gasteiger partial charge in [-0.05, 0) is 0 Å². The molecule has 0 radical (unpaired) electrons. The Morgan fingerprint density at radius 1 is 0.800 bits per heavy atom. The molecule has 0 fully saturated rings. The lowest BCUT2D eigenvalue weighted by molar-refractivity contribution is 0.566. The minimum atomic E-state index is -1.96. The molecular weight excluding hydrogens is 157 g/mol. The van der Waals surface area contributed by atoms with Crippen molar-refractivity contribution in [3.05, 3.63) is 0 Å². The molecular formula is C3N3O3P. The van der Waals surface area contributed by atoms with E-state index >= 15 is 0 Å². The third-order valence-corrected chi connectivity index (χ3v) is 1.17. The van der Waals surface area contributed by atoms with E-state index in [-0.39, 0.29) is 0 Å². The molecule has 0 aliphatic heterocycles. The normalized spacial score (nSPS) is 9.60. The minimum absolute atomic E-state index is 1.10. The Morgan fingerprint density at radius 2 is 1.10 bits per heavy atom. The molecule has 0 N–H and O–H groups in total. The van der Waals surface area contributed by atoms with Gasteiger partial charge in [-0.2, -0.15) is 0 Å². The van der Waals surface area contributed by atoms with Crippen LogP contribution in [0.15, 0.2) is 14.3 Å². The summed E-state index contributed by atoms with van der Waals surface area (Å²) in [5.74, 6) is 0. The van der Waals surface area contributed by atoms with Crippen LogP contribution in [0.3, 0.4) is 0 Å². The van der Waals surface area contributed by atoms with Gasteiger partial charge in [-0.3, -0.25) is 0 Å². The summed E-state index contributed by atoms with van der Waals surface area (Å²) in [4.78, 5) is 28.5. The Bertz CT molecular complexity index is 203. The molecule has 0 saturated carbocycles. The van der Waals surface area contributed by atoms with E-state index < -0.39 is 8.37 Å². The molecule has 0 aromatic carbocycles. The number of hydrogen-bond acceptors (Lipinski definition) is 6. The highest BCUT2D eigenvalue weighted by molar-refractivity contribution is 7.53. The van der Waals surface area contributed by atoms with Crippen molar-refractivity contribution in [2.24, 2.45) is 14.3 Å². The van der Waals surface area contributed by atoms with Gasteiger partial charge in [-0.25, -0.2) is 14.4 Å². The fraction of sp³-hybridized carbons (Fsp3) is 0. The van der Waals surface area contributed by atoms with Gasteiger partial charge in [0.05, 0.1) is 0 Å². The van der Waals surface area contributed by atoms with Crippen LogP contribution >= 0.6 is 8.37 Å². The largest absolute Gasteiger partial charge is 0.301 e. The van der Waals surface area contributed by atoms with Gasteiger partial charge in [-0.15, -0.1) is 14.3 Å². The highest BCUT2D eigenvalue weighted by atomic mass is 31.1. The van der Waals surface area contributed by atoms with Crippen LogP contribution in [0.5, 0.6) is 0 Å². The molecule has 6 nitrogen and oxygen atoms in total. The van der Waals surface area contributed by atoms with Crippen molar-refractivity contribution >= 4 is 26.6 Å². The first-order valence-corrected chi connectivity index (χ1v) is 3.08. The fourth-order valence-corrected chi connectivity index (χ4v) is 0.530. The van der Waals surface area contributed by atoms with E-state index in [1.54, 1.807) is 0 Å². The second kappa shape index (κ2) is 5.70. The van der Waals surface area contributed by atoms with E-state index in [9.17, 15) is 14.4 Å². The SMILES string of the molecule is O=C=NP(N=C=O)N=C=O. The number of nitrogens with zero attached hydrogens (tertiary/aromatic N) is 3. The Kier molecular flexibility index (Phi) is 4.89. The molecule has 0 saturated heterocycles.